The van der Waals surface area contributed by atoms with Crippen molar-refractivity contribution in [3.8, 4) is 0 Å². The highest BCUT2D eigenvalue weighted by molar-refractivity contribution is 14.0. The van der Waals surface area contributed by atoms with Gasteiger partial charge in [-0.15, -0.1) is 24.0 Å². The number of halogens is 1. The summed E-state index contributed by atoms with van der Waals surface area (Å²) in [6, 6.07) is 0. The van der Waals surface area contributed by atoms with E-state index in [9.17, 15) is 0 Å². The van der Waals surface area contributed by atoms with Crippen LogP contribution >= 0.6 is 35.7 Å². The average molecular weight is 451 g/mol. The number of aryl methyl sites for hydroxylation is 2. The largest absolute Gasteiger partial charge is 0.357 e. The van der Waals surface area contributed by atoms with Crippen LogP contribution in [0.4, 0.5) is 0 Å². The zero-order chi connectivity index (χ0) is 16.1. The number of rotatable bonds is 4. The molecule has 7 heteroatoms. The van der Waals surface area contributed by atoms with Gasteiger partial charge in [-0.2, -0.15) is 16.9 Å². The van der Waals surface area contributed by atoms with Crippen LogP contribution in [0.25, 0.3) is 0 Å². The standard InChI is InChI=1S/C16H29N5S.HI/c1-6-14-11-21(8-9-22-14)16(17-7-2)18-10-15-12(3)19-20(5)13(15)4;/h14H,6-11H2,1-5H3,(H,17,18);1H. The van der Waals surface area contributed by atoms with Crippen LogP contribution in [-0.2, 0) is 13.6 Å². The van der Waals surface area contributed by atoms with E-state index in [1.165, 1.54) is 23.4 Å². The lowest BCUT2D eigenvalue weighted by Crippen LogP contribution is -2.48. The summed E-state index contributed by atoms with van der Waals surface area (Å²) in [5, 5.41) is 8.66. The first-order chi connectivity index (χ1) is 10.6. The fourth-order valence-corrected chi connectivity index (χ4v) is 3.96. The summed E-state index contributed by atoms with van der Waals surface area (Å²) in [6.45, 7) is 12.4. The monoisotopic (exact) mass is 451 g/mol. The molecule has 1 aliphatic heterocycles. The van der Waals surface area contributed by atoms with Gasteiger partial charge >= 0.3 is 0 Å². The molecule has 1 unspecified atom stereocenters. The van der Waals surface area contributed by atoms with E-state index in [1.54, 1.807) is 0 Å². The average Bonchev–Trinajstić information content (AvgIpc) is 2.77. The number of thioether (sulfide) groups is 1. The van der Waals surface area contributed by atoms with Gasteiger partial charge in [-0.25, -0.2) is 4.99 Å². The maximum atomic E-state index is 4.88. The number of hydrogen-bond acceptors (Lipinski definition) is 3. The second-order valence-corrected chi connectivity index (χ2v) is 7.20. The molecule has 132 valence electrons. The molecule has 1 aromatic heterocycles. The van der Waals surface area contributed by atoms with Gasteiger partial charge in [0.2, 0.25) is 0 Å². The molecule has 23 heavy (non-hydrogen) atoms. The number of nitrogens with one attached hydrogen (secondary N) is 1. The quantitative estimate of drug-likeness (QED) is 0.435. The Labute approximate surface area is 161 Å². The first kappa shape index (κ1) is 20.6. The molecule has 0 aliphatic carbocycles. The van der Waals surface area contributed by atoms with Crippen molar-refractivity contribution >= 4 is 41.7 Å². The Balaban J connectivity index is 0.00000264. The summed E-state index contributed by atoms with van der Waals surface area (Å²) in [6.07, 6.45) is 1.22. The van der Waals surface area contributed by atoms with Crippen molar-refractivity contribution in [3.05, 3.63) is 17.0 Å². The SMILES string of the molecule is CCNC(=NCc1c(C)nn(C)c1C)N1CCSC(CC)C1.I. The molecule has 0 radical (unpaired) electrons. The minimum Gasteiger partial charge on any atom is -0.357 e. The fourth-order valence-electron chi connectivity index (χ4n) is 2.78. The summed E-state index contributed by atoms with van der Waals surface area (Å²) in [4.78, 5) is 7.29. The maximum absolute atomic E-state index is 4.88. The van der Waals surface area contributed by atoms with Gasteiger partial charge in [-0.05, 0) is 27.2 Å². The third-order valence-corrected chi connectivity index (χ3v) is 5.65. The van der Waals surface area contributed by atoms with Gasteiger partial charge in [0.05, 0.1) is 12.2 Å². The normalized spacial score (nSPS) is 18.7. The lowest BCUT2D eigenvalue weighted by atomic mass is 10.2. The van der Waals surface area contributed by atoms with Gasteiger partial charge in [0.1, 0.15) is 0 Å². The summed E-state index contributed by atoms with van der Waals surface area (Å²) in [5.74, 6) is 2.23. The van der Waals surface area contributed by atoms with E-state index in [-0.39, 0.29) is 24.0 Å². The number of aromatic nitrogens is 2. The number of aliphatic imine (C=N–C) groups is 1. The van der Waals surface area contributed by atoms with Crippen molar-refractivity contribution < 1.29 is 0 Å². The molecule has 0 spiro atoms. The van der Waals surface area contributed by atoms with Crippen LogP contribution in [0, 0.1) is 13.8 Å². The van der Waals surface area contributed by atoms with E-state index >= 15 is 0 Å². The Morgan fingerprint density at radius 3 is 2.70 bits per heavy atom. The molecular formula is C16H30IN5S. The van der Waals surface area contributed by atoms with Gasteiger partial charge in [0.15, 0.2) is 5.96 Å². The van der Waals surface area contributed by atoms with Crippen LogP contribution in [0.3, 0.4) is 0 Å². The molecule has 1 saturated heterocycles. The van der Waals surface area contributed by atoms with Gasteiger partial charge in [-0.3, -0.25) is 4.68 Å². The van der Waals surface area contributed by atoms with Crippen molar-refractivity contribution in [3.63, 3.8) is 0 Å². The molecule has 0 saturated carbocycles. The highest BCUT2D eigenvalue weighted by atomic mass is 127. The van der Waals surface area contributed by atoms with E-state index in [1.807, 2.05) is 11.7 Å². The first-order valence-electron chi connectivity index (χ1n) is 8.20. The lowest BCUT2D eigenvalue weighted by molar-refractivity contribution is 0.408. The molecule has 2 rings (SSSR count). The van der Waals surface area contributed by atoms with Crippen molar-refractivity contribution in [2.45, 2.75) is 45.9 Å². The number of guanidine groups is 1. The molecule has 1 atom stereocenters. The molecule has 5 nitrogen and oxygen atoms in total. The van der Waals surface area contributed by atoms with Gasteiger partial charge in [-0.1, -0.05) is 6.92 Å². The predicted molar refractivity (Wildman–Crippen MR) is 111 cm³/mol. The summed E-state index contributed by atoms with van der Waals surface area (Å²) in [5.41, 5.74) is 3.54. The van der Waals surface area contributed by atoms with Crippen LogP contribution in [0.5, 0.6) is 0 Å². The van der Waals surface area contributed by atoms with Gasteiger partial charge < -0.3 is 10.2 Å². The summed E-state index contributed by atoms with van der Waals surface area (Å²) >= 11 is 2.09. The lowest BCUT2D eigenvalue weighted by Gasteiger charge is -2.34. The smallest absolute Gasteiger partial charge is 0.194 e. The number of hydrogen-bond donors (Lipinski definition) is 1. The third-order valence-electron chi connectivity index (χ3n) is 4.27. The third kappa shape index (κ3) is 5.27. The molecule has 2 heterocycles. The first-order valence-corrected chi connectivity index (χ1v) is 9.25. The highest BCUT2D eigenvalue weighted by Crippen LogP contribution is 2.21. The Kier molecular flexibility index (Phi) is 8.74. The van der Waals surface area contributed by atoms with E-state index in [0.29, 0.717) is 6.54 Å². The van der Waals surface area contributed by atoms with Gasteiger partial charge in [0, 0.05) is 48.9 Å². The van der Waals surface area contributed by atoms with Crippen LogP contribution < -0.4 is 5.32 Å². The van der Waals surface area contributed by atoms with E-state index in [2.05, 4.69) is 54.8 Å². The molecule has 1 N–H and O–H groups in total. The molecule has 1 aliphatic rings. The van der Waals surface area contributed by atoms with Crippen LogP contribution in [0.1, 0.15) is 37.2 Å². The molecule has 0 aromatic carbocycles. The zero-order valence-corrected chi connectivity index (χ0v) is 18.1. The summed E-state index contributed by atoms with van der Waals surface area (Å²) < 4.78 is 1.94. The molecule has 1 aromatic rings. The molecule has 0 bridgehead atoms. The van der Waals surface area contributed by atoms with Crippen molar-refractivity contribution in [2.75, 3.05) is 25.4 Å². The predicted octanol–water partition coefficient (Wildman–Crippen LogP) is 2.95. The summed E-state index contributed by atoms with van der Waals surface area (Å²) in [7, 11) is 1.99. The molecular weight excluding hydrogens is 421 g/mol. The minimum atomic E-state index is 0. The Morgan fingerprint density at radius 2 is 2.13 bits per heavy atom. The topological polar surface area (TPSA) is 45.5 Å². The van der Waals surface area contributed by atoms with Crippen LogP contribution in [-0.4, -0.2) is 51.3 Å². The van der Waals surface area contributed by atoms with Crippen molar-refractivity contribution in [1.29, 1.82) is 0 Å². The van der Waals surface area contributed by atoms with E-state index in [4.69, 9.17) is 4.99 Å². The second kappa shape index (κ2) is 9.76. The van der Waals surface area contributed by atoms with Crippen LogP contribution in [0.2, 0.25) is 0 Å². The fraction of sp³-hybridized carbons (Fsp3) is 0.750. The zero-order valence-electron chi connectivity index (χ0n) is 14.9. The maximum Gasteiger partial charge on any atom is 0.194 e. The molecule has 1 fully saturated rings. The Bertz CT molecular complexity index is 529. The van der Waals surface area contributed by atoms with Crippen LogP contribution in [0.15, 0.2) is 4.99 Å². The second-order valence-electron chi connectivity index (χ2n) is 5.79. The van der Waals surface area contributed by atoms with Crippen molar-refractivity contribution in [1.82, 2.24) is 20.0 Å². The van der Waals surface area contributed by atoms with E-state index in [0.717, 1.165) is 36.5 Å². The minimum absolute atomic E-state index is 0. The highest BCUT2D eigenvalue weighted by Gasteiger charge is 2.21. The van der Waals surface area contributed by atoms with Gasteiger partial charge in [0.25, 0.3) is 0 Å². The Morgan fingerprint density at radius 1 is 1.39 bits per heavy atom. The van der Waals surface area contributed by atoms with E-state index < -0.39 is 0 Å². The molecule has 0 amide bonds. The Hall–Kier alpha value is -0.440. The van der Waals surface area contributed by atoms with Crippen molar-refractivity contribution in [2.24, 2.45) is 12.0 Å². The number of nitrogens with zero attached hydrogens (tertiary/aromatic N) is 4.